The van der Waals surface area contributed by atoms with Crippen molar-refractivity contribution < 1.29 is 56.6 Å². The minimum absolute atomic E-state index is 0.0494. The number of alkyl carbamates (subject to hydrolysis) is 2. The van der Waals surface area contributed by atoms with Crippen LogP contribution in [-0.2, 0) is 42.1 Å². The van der Waals surface area contributed by atoms with E-state index in [1.807, 2.05) is 0 Å². The van der Waals surface area contributed by atoms with Crippen molar-refractivity contribution in [3.8, 4) is 11.8 Å². The number of phosphoric ester groups is 1. The van der Waals surface area contributed by atoms with Crippen LogP contribution in [0.2, 0.25) is 0 Å². The fourth-order valence-electron chi connectivity index (χ4n) is 9.28. The number of rotatable bonds is 47. The Hall–Kier alpha value is -2.85. The van der Waals surface area contributed by atoms with Crippen molar-refractivity contribution in [1.82, 2.24) is 10.6 Å². The predicted octanol–water partition coefficient (Wildman–Crippen LogP) is 14.0. The summed E-state index contributed by atoms with van der Waals surface area (Å²) in [7, 11) is -4.65. The van der Waals surface area contributed by atoms with E-state index in [9.17, 15) is 28.6 Å². The lowest BCUT2D eigenvalue weighted by atomic mass is 10.0. The summed E-state index contributed by atoms with van der Waals surface area (Å²) < 4.78 is 44.3. The standard InChI is InChI=1S/C55H99N2O12P/c1-3-5-7-9-11-13-15-17-19-21-23-25-27-29-35-39-52(58)65-45-48(69-53(59)40-36-30-28-26-24-22-20-18-16-14-12-10-8-6-4-2)46-68-70(62,63)67-44-42-57-54(60)64-43-41-56-55(61)66-47-51-49-37-33-31-32-34-38-50(49)51/h48-51H,3-30,33-47H2,1-2H3,(H,56,61)(H,57,60)(H,62,63)/t48-,49?,50?,51?/m1/s1. The van der Waals surface area contributed by atoms with Crippen molar-refractivity contribution in [2.45, 2.75) is 251 Å². The Kier molecular flexibility index (Phi) is 39.5. The van der Waals surface area contributed by atoms with E-state index in [1.54, 1.807) is 0 Å². The maximum atomic E-state index is 12.8. The predicted molar refractivity (Wildman–Crippen MR) is 277 cm³/mol. The van der Waals surface area contributed by atoms with Crippen LogP contribution in [0.3, 0.4) is 0 Å². The summed E-state index contributed by atoms with van der Waals surface area (Å²) >= 11 is 0. The van der Waals surface area contributed by atoms with Crippen molar-refractivity contribution in [3.63, 3.8) is 0 Å². The minimum Gasteiger partial charge on any atom is -0.462 e. The molecule has 1 saturated carbocycles. The van der Waals surface area contributed by atoms with E-state index in [4.69, 9.17) is 28.0 Å². The van der Waals surface area contributed by atoms with Gasteiger partial charge in [-0.3, -0.25) is 18.6 Å². The molecule has 0 spiro atoms. The first-order valence-electron chi connectivity index (χ1n) is 28.4. The third kappa shape index (κ3) is 37.0. The second-order valence-corrected chi connectivity index (χ2v) is 21.3. The molecule has 3 unspecified atom stereocenters. The molecule has 1 fully saturated rings. The van der Waals surface area contributed by atoms with Crippen LogP contribution in [0.25, 0.3) is 0 Å². The van der Waals surface area contributed by atoms with E-state index in [2.05, 4.69) is 36.3 Å². The second-order valence-electron chi connectivity index (χ2n) is 19.8. The Morgan fingerprint density at radius 2 is 0.914 bits per heavy atom. The summed E-state index contributed by atoms with van der Waals surface area (Å²) in [5.74, 6) is 6.92. The Labute approximate surface area is 424 Å². The molecule has 0 aliphatic heterocycles. The molecule has 0 aromatic carbocycles. The number of unbranched alkanes of at least 4 members (excludes halogenated alkanes) is 28. The summed E-state index contributed by atoms with van der Waals surface area (Å²) in [6, 6.07) is 0. The van der Waals surface area contributed by atoms with Gasteiger partial charge in [-0.15, -0.1) is 11.8 Å². The van der Waals surface area contributed by atoms with Crippen molar-refractivity contribution >= 4 is 31.9 Å². The molecule has 406 valence electrons. The number of hydrogen-bond donors (Lipinski definition) is 3. The van der Waals surface area contributed by atoms with Gasteiger partial charge in [0.05, 0.1) is 26.4 Å². The number of nitrogens with one attached hydrogen (secondary N) is 2. The molecular weight excluding hydrogens is 912 g/mol. The highest BCUT2D eigenvalue weighted by Gasteiger charge is 2.49. The van der Waals surface area contributed by atoms with Gasteiger partial charge < -0.3 is 34.5 Å². The normalized spacial score (nSPS) is 17.4. The molecule has 0 bridgehead atoms. The Balaban J connectivity index is 1.62. The molecule has 4 atom stereocenters. The van der Waals surface area contributed by atoms with Crippen LogP contribution in [0.15, 0.2) is 0 Å². The zero-order valence-corrected chi connectivity index (χ0v) is 45.0. The molecule has 2 amide bonds. The van der Waals surface area contributed by atoms with E-state index in [-0.39, 0.29) is 45.8 Å². The number of carbonyl (C=O) groups is 4. The van der Waals surface area contributed by atoms with Crippen LogP contribution in [0.1, 0.15) is 245 Å². The number of esters is 2. The molecule has 2 rings (SSSR count). The summed E-state index contributed by atoms with van der Waals surface area (Å²) in [6.45, 7) is 3.38. The molecule has 3 N–H and O–H groups in total. The van der Waals surface area contributed by atoms with E-state index in [1.165, 1.54) is 141 Å². The molecular formula is C55H99N2O12P. The van der Waals surface area contributed by atoms with Gasteiger partial charge in [0.1, 0.15) is 13.2 Å². The lowest BCUT2D eigenvalue weighted by Gasteiger charge is -2.20. The van der Waals surface area contributed by atoms with Crippen LogP contribution >= 0.6 is 7.82 Å². The molecule has 2 aliphatic carbocycles. The number of fused-ring (bicyclic) bond motifs is 1. The van der Waals surface area contributed by atoms with E-state index < -0.39 is 44.7 Å². The molecule has 15 heteroatoms. The van der Waals surface area contributed by atoms with Gasteiger partial charge in [0.2, 0.25) is 0 Å². The van der Waals surface area contributed by atoms with Crippen LogP contribution in [0.4, 0.5) is 9.59 Å². The molecule has 2 aliphatic rings. The highest BCUT2D eigenvalue weighted by molar-refractivity contribution is 7.47. The summed E-state index contributed by atoms with van der Waals surface area (Å²) in [5.41, 5.74) is 0. The summed E-state index contributed by atoms with van der Waals surface area (Å²) in [4.78, 5) is 60.1. The SMILES string of the molecule is CCCCCCCCCCCCCCCCCC(=O)OC[C@H](COP(=O)(O)OCCNC(=O)OCCNC(=O)OCC1C2CCC#CCCC21)OC(=O)CCCCCCCCCCCCCCCCC. The minimum atomic E-state index is -4.65. The Morgan fingerprint density at radius 1 is 0.514 bits per heavy atom. The number of amides is 2. The van der Waals surface area contributed by atoms with Gasteiger partial charge in [-0.25, -0.2) is 14.2 Å². The number of hydrogen-bond acceptors (Lipinski definition) is 11. The highest BCUT2D eigenvalue weighted by atomic mass is 31.2. The van der Waals surface area contributed by atoms with E-state index in [0.717, 1.165) is 64.2 Å². The molecule has 14 nitrogen and oxygen atoms in total. The smallest absolute Gasteiger partial charge is 0.462 e. The van der Waals surface area contributed by atoms with Crippen LogP contribution in [-0.4, -0.2) is 81.2 Å². The molecule has 0 aromatic heterocycles. The number of phosphoric acid groups is 1. The van der Waals surface area contributed by atoms with Gasteiger partial charge in [0, 0.05) is 32.2 Å². The van der Waals surface area contributed by atoms with Crippen molar-refractivity contribution in [3.05, 3.63) is 0 Å². The van der Waals surface area contributed by atoms with Crippen molar-refractivity contribution in [2.24, 2.45) is 17.8 Å². The van der Waals surface area contributed by atoms with Gasteiger partial charge in [-0.05, 0) is 43.4 Å². The highest BCUT2D eigenvalue weighted by Crippen LogP contribution is 2.52. The molecule has 0 heterocycles. The summed E-state index contributed by atoms with van der Waals surface area (Å²) in [6.07, 6.45) is 38.3. The maximum absolute atomic E-state index is 12.8. The van der Waals surface area contributed by atoms with Crippen molar-refractivity contribution in [1.29, 1.82) is 0 Å². The van der Waals surface area contributed by atoms with Gasteiger partial charge in [0.15, 0.2) is 6.10 Å². The molecule has 70 heavy (non-hydrogen) atoms. The van der Waals surface area contributed by atoms with Crippen molar-refractivity contribution in [2.75, 3.05) is 46.1 Å². The average Bonchev–Trinajstić information content (AvgIpc) is 3.99. The van der Waals surface area contributed by atoms with Gasteiger partial charge in [0.25, 0.3) is 0 Å². The number of carbonyl (C=O) groups excluding carboxylic acids is 4. The monoisotopic (exact) mass is 1010 g/mol. The Morgan fingerprint density at radius 3 is 1.37 bits per heavy atom. The largest absolute Gasteiger partial charge is 0.472 e. The Bertz CT molecular complexity index is 1440. The maximum Gasteiger partial charge on any atom is 0.472 e. The van der Waals surface area contributed by atoms with Crippen LogP contribution in [0, 0.1) is 29.6 Å². The zero-order valence-electron chi connectivity index (χ0n) is 44.1. The average molecular weight is 1010 g/mol. The second kappa shape index (κ2) is 43.7. The fourth-order valence-corrected chi connectivity index (χ4v) is 10.0. The van der Waals surface area contributed by atoms with Gasteiger partial charge >= 0.3 is 31.9 Å². The third-order valence-electron chi connectivity index (χ3n) is 13.6. The lowest BCUT2D eigenvalue weighted by Crippen LogP contribution is -2.33. The lowest BCUT2D eigenvalue weighted by molar-refractivity contribution is -0.161. The molecule has 0 radical (unpaired) electrons. The molecule has 0 saturated heterocycles. The first-order chi connectivity index (χ1) is 34.1. The van der Waals surface area contributed by atoms with Crippen LogP contribution in [0.5, 0.6) is 0 Å². The molecule has 0 aromatic rings. The quantitative estimate of drug-likeness (QED) is 0.0173. The fraction of sp³-hybridized carbons (Fsp3) is 0.891. The van der Waals surface area contributed by atoms with Gasteiger partial charge in [-0.1, -0.05) is 194 Å². The summed E-state index contributed by atoms with van der Waals surface area (Å²) in [5, 5.41) is 4.96. The van der Waals surface area contributed by atoms with E-state index >= 15 is 0 Å². The van der Waals surface area contributed by atoms with Crippen LogP contribution < -0.4 is 10.6 Å². The van der Waals surface area contributed by atoms with E-state index in [0.29, 0.717) is 37.2 Å². The first-order valence-corrected chi connectivity index (χ1v) is 29.9. The van der Waals surface area contributed by atoms with Gasteiger partial charge in [-0.2, -0.15) is 0 Å². The topological polar surface area (TPSA) is 185 Å². The zero-order chi connectivity index (χ0) is 50.6. The number of ether oxygens (including phenoxy) is 4. The first kappa shape index (κ1) is 63.3. The third-order valence-corrected chi connectivity index (χ3v) is 14.6.